The lowest BCUT2D eigenvalue weighted by atomic mass is 10.0. The van der Waals surface area contributed by atoms with Gasteiger partial charge in [0.25, 0.3) is 0 Å². The highest BCUT2D eigenvalue weighted by molar-refractivity contribution is 7.80. The Labute approximate surface area is 181 Å². The molecule has 1 aliphatic heterocycles. The predicted molar refractivity (Wildman–Crippen MR) is 120 cm³/mol. The Hall–Kier alpha value is -3.19. The average Bonchev–Trinajstić information content (AvgIpc) is 3.31. The van der Waals surface area contributed by atoms with E-state index in [4.69, 9.17) is 16.6 Å². The van der Waals surface area contributed by atoms with Gasteiger partial charge >= 0.3 is 0 Å². The second-order valence-corrected chi connectivity index (χ2v) is 7.82. The van der Waals surface area contributed by atoms with Crippen molar-refractivity contribution in [3.05, 3.63) is 83.6 Å². The molecule has 3 aromatic rings. The fourth-order valence-electron chi connectivity index (χ4n) is 3.65. The monoisotopic (exact) mass is 420 g/mol. The van der Waals surface area contributed by atoms with Crippen molar-refractivity contribution in [2.24, 2.45) is 0 Å². The molecule has 2 atom stereocenters. The van der Waals surface area contributed by atoms with Crippen molar-refractivity contribution in [1.29, 1.82) is 0 Å². The van der Waals surface area contributed by atoms with Gasteiger partial charge in [-0.3, -0.25) is 9.78 Å². The molecule has 2 N–H and O–H groups in total. The van der Waals surface area contributed by atoms with E-state index >= 15 is 0 Å². The molecule has 6 nitrogen and oxygen atoms in total. The van der Waals surface area contributed by atoms with Gasteiger partial charge in [-0.2, -0.15) is 0 Å². The minimum Gasteiger partial charge on any atom is -0.464 e. The Morgan fingerprint density at radius 3 is 2.63 bits per heavy atom. The van der Waals surface area contributed by atoms with Crippen molar-refractivity contribution in [2.75, 3.05) is 11.9 Å². The van der Waals surface area contributed by atoms with Crippen LogP contribution in [0, 0.1) is 13.8 Å². The SMILES string of the molecule is Cc1ccc(NC(=O)CCN2C(=S)N[C@@H](c3ccccn3)[C@H]2c2ccc(C)o2)cc1. The van der Waals surface area contributed by atoms with Gasteiger partial charge in [0.15, 0.2) is 5.11 Å². The van der Waals surface area contributed by atoms with E-state index in [1.165, 1.54) is 0 Å². The van der Waals surface area contributed by atoms with Crippen molar-refractivity contribution in [2.45, 2.75) is 32.4 Å². The van der Waals surface area contributed by atoms with E-state index in [0.29, 0.717) is 18.1 Å². The molecule has 0 bridgehead atoms. The normalized spacial score (nSPS) is 18.3. The van der Waals surface area contributed by atoms with Crippen LogP contribution < -0.4 is 10.6 Å². The molecular formula is C23H24N4O2S. The molecule has 3 heterocycles. The third-order valence-electron chi connectivity index (χ3n) is 5.17. The number of hydrogen-bond donors (Lipinski definition) is 2. The lowest BCUT2D eigenvalue weighted by molar-refractivity contribution is -0.116. The topological polar surface area (TPSA) is 70.4 Å². The highest BCUT2D eigenvalue weighted by Crippen LogP contribution is 2.39. The highest BCUT2D eigenvalue weighted by atomic mass is 32.1. The average molecular weight is 421 g/mol. The van der Waals surface area contributed by atoms with Crippen LogP contribution in [0.3, 0.4) is 0 Å². The maximum absolute atomic E-state index is 12.5. The van der Waals surface area contributed by atoms with E-state index in [0.717, 1.165) is 28.5 Å². The van der Waals surface area contributed by atoms with Gasteiger partial charge in [0.2, 0.25) is 5.91 Å². The van der Waals surface area contributed by atoms with E-state index in [2.05, 4.69) is 15.6 Å². The first-order chi connectivity index (χ1) is 14.5. The fraction of sp³-hybridized carbons (Fsp3) is 0.261. The zero-order chi connectivity index (χ0) is 21.1. The predicted octanol–water partition coefficient (Wildman–Crippen LogP) is 4.29. The smallest absolute Gasteiger partial charge is 0.226 e. The third kappa shape index (κ3) is 4.36. The van der Waals surface area contributed by atoms with E-state index in [-0.39, 0.29) is 18.0 Å². The van der Waals surface area contributed by atoms with E-state index in [1.54, 1.807) is 6.20 Å². The van der Waals surface area contributed by atoms with Crippen molar-refractivity contribution < 1.29 is 9.21 Å². The minimum atomic E-state index is -0.173. The molecule has 1 amide bonds. The zero-order valence-electron chi connectivity index (χ0n) is 17.0. The number of rotatable bonds is 6. The number of nitrogens with one attached hydrogen (secondary N) is 2. The van der Waals surface area contributed by atoms with Crippen LogP contribution in [-0.4, -0.2) is 27.4 Å². The van der Waals surface area contributed by atoms with E-state index in [1.807, 2.05) is 73.3 Å². The molecule has 0 unspecified atom stereocenters. The summed E-state index contributed by atoms with van der Waals surface area (Å²) >= 11 is 5.61. The Morgan fingerprint density at radius 1 is 1.17 bits per heavy atom. The van der Waals surface area contributed by atoms with Crippen molar-refractivity contribution >= 4 is 28.9 Å². The van der Waals surface area contributed by atoms with Gasteiger partial charge in [0.1, 0.15) is 17.6 Å². The molecule has 1 aromatic carbocycles. The molecule has 154 valence electrons. The molecule has 2 aromatic heterocycles. The van der Waals surface area contributed by atoms with Crippen LogP contribution in [0.15, 0.2) is 65.2 Å². The van der Waals surface area contributed by atoms with Gasteiger partial charge in [-0.1, -0.05) is 23.8 Å². The van der Waals surface area contributed by atoms with Gasteiger partial charge in [-0.25, -0.2) is 0 Å². The van der Waals surface area contributed by atoms with E-state index in [9.17, 15) is 4.79 Å². The highest BCUT2D eigenvalue weighted by Gasteiger charge is 2.41. The number of aromatic nitrogens is 1. The Kier molecular flexibility index (Phi) is 5.81. The second-order valence-electron chi connectivity index (χ2n) is 7.43. The molecule has 1 aliphatic rings. The summed E-state index contributed by atoms with van der Waals surface area (Å²) in [6, 6.07) is 17.1. The molecule has 0 aliphatic carbocycles. The summed E-state index contributed by atoms with van der Waals surface area (Å²) in [5.41, 5.74) is 2.82. The minimum absolute atomic E-state index is 0.0580. The van der Waals surface area contributed by atoms with Crippen LogP contribution in [0.5, 0.6) is 0 Å². The molecule has 0 radical (unpaired) electrons. The number of aryl methyl sites for hydroxylation is 2. The molecule has 0 spiro atoms. The van der Waals surface area contributed by atoms with Crippen molar-refractivity contribution in [1.82, 2.24) is 15.2 Å². The number of benzene rings is 1. The first kappa shape index (κ1) is 20.1. The maximum atomic E-state index is 12.5. The maximum Gasteiger partial charge on any atom is 0.226 e. The molecule has 7 heteroatoms. The summed E-state index contributed by atoms with van der Waals surface area (Å²) in [6.45, 7) is 4.40. The van der Waals surface area contributed by atoms with Crippen LogP contribution in [-0.2, 0) is 4.79 Å². The lowest BCUT2D eigenvalue weighted by Gasteiger charge is -2.25. The number of nitrogens with zero attached hydrogens (tertiary/aromatic N) is 2. The number of amides is 1. The lowest BCUT2D eigenvalue weighted by Crippen LogP contribution is -2.32. The summed E-state index contributed by atoms with van der Waals surface area (Å²) < 4.78 is 5.94. The zero-order valence-corrected chi connectivity index (χ0v) is 17.8. The molecule has 1 fully saturated rings. The van der Waals surface area contributed by atoms with Crippen molar-refractivity contribution in [3.8, 4) is 0 Å². The second kappa shape index (κ2) is 8.67. The fourth-order valence-corrected chi connectivity index (χ4v) is 3.98. The van der Waals surface area contributed by atoms with Crippen molar-refractivity contribution in [3.63, 3.8) is 0 Å². The Morgan fingerprint density at radius 2 is 1.97 bits per heavy atom. The largest absolute Gasteiger partial charge is 0.464 e. The number of carbonyl (C=O) groups is 1. The molecule has 1 saturated heterocycles. The molecular weight excluding hydrogens is 396 g/mol. The van der Waals surface area contributed by atoms with Crippen LogP contribution in [0.2, 0.25) is 0 Å². The van der Waals surface area contributed by atoms with Crippen LogP contribution >= 0.6 is 12.2 Å². The number of thiocarbonyl (C=S) groups is 1. The molecule has 4 rings (SSSR count). The molecule has 0 saturated carbocycles. The van der Waals surface area contributed by atoms with E-state index < -0.39 is 0 Å². The summed E-state index contributed by atoms with van der Waals surface area (Å²) in [5.74, 6) is 1.58. The van der Waals surface area contributed by atoms with Gasteiger partial charge in [0, 0.05) is 24.8 Å². The number of carbonyl (C=O) groups excluding carboxylic acids is 1. The third-order valence-corrected chi connectivity index (χ3v) is 5.52. The summed E-state index contributed by atoms with van der Waals surface area (Å²) in [4.78, 5) is 19.0. The van der Waals surface area contributed by atoms with Gasteiger partial charge < -0.3 is 20.0 Å². The summed E-state index contributed by atoms with van der Waals surface area (Å²) in [7, 11) is 0. The summed E-state index contributed by atoms with van der Waals surface area (Å²) in [6.07, 6.45) is 2.07. The Balaban J connectivity index is 1.51. The van der Waals surface area contributed by atoms with Gasteiger partial charge in [-0.05, 0) is 62.5 Å². The van der Waals surface area contributed by atoms with Crippen LogP contribution in [0.4, 0.5) is 5.69 Å². The number of pyridine rings is 1. The van der Waals surface area contributed by atoms with Crippen LogP contribution in [0.25, 0.3) is 0 Å². The first-order valence-corrected chi connectivity index (χ1v) is 10.3. The first-order valence-electron chi connectivity index (χ1n) is 9.92. The van der Waals surface area contributed by atoms with Crippen LogP contribution in [0.1, 0.15) is 41.3 Å². The molecule has 30 heavy (non-hydrogen) atoms. The number of hydrogen-bond acceptors (Lipinski definition) is 4. The Bertz CT molecular complexity index is 1030. The quantitative estimate of drug-likeness (QED) is 0.580. The summed E-state index contributed by atoms with van der Waals surface area (Å²) in [5, 5.41) is 6.90. The number of furan rings is 1. The van der Waals surface area contributed by atoms with Gasteiger partial charge in [-0.15, -0.1) is 0 Å². The number of anilines is 1. The van der Waals surface area contributed by atoms with Gasteiger partial charge in [0.05, 0.1) is 11.7 Å². The standard InChI is InChI=1S/C23H24N4O2S/c1-15-6-9-17(10-7-15)25-20(28)12-14-27-22(19-11-8-16(2)29-19)21(26-23(27)30)18-5-3-4-13-24-18/h3-11,13,21-22H,12,14H2,1-2H3,(H,25,28)(H,26,30)/t21-,22+/m0/s1.